The first-order valence-electron chi connectivity index (χ1n) is 7.59. The van der Waals surface area contributed by atoms with E-state index in [2.05, 4.69) is 49.3 Å². The minimum atomic E-state index is -0.675. The Balaban J connectivity index is 1.97. The summed E-state index contributed by atoms with van der Waals surface area (Å²) < 4.78 is 0. The third-order valence-electron chi connectivity index (χ3n) is 4.48. The zero-order valence-corrected chi connectivity index (χ0v) is 12.5. The van der Waals surface area contributed by atoms with Gasteiger partial charge in [-0.3, -0.25) is 4.79 Å². The third kappa shape index (κ3) is 2.60. The molecule has 0 bridgehead atoms. The Morgan fingerprint density at radius 2 is 2.19 bits per heavy atom. The van der Waals surface area contributed by atoms with Gasteiger partial charge in [0.2, 0.25) is 0 Å². The molecule has 1 heterocycles. The van der Waals surface area contributed by atoms with Crippen molar-refractivity contribution in [2.24, 2.45) is 5.92 Å². The molecule has 0 saturated heterocycles. The highest BCUT2D eigenvalue weighted by Crippen LogP contribution is 2.35. The van der Waals surface area contributed by atoms with Crippen LogP contribution < -0.4 is 0 Å². The van der Waals surface area contributed by atoms with Crippen LogP contribution in [-0.2, 0) is 4.79 Å². The number of benzene rings is 1. The zero-order chi connectivity index (χ0) is 15.0. The number of hydrogen-bond acceptors (Lipinski definition) is 1. The van der Waals surface area contributed by atoms with Gasteiger partial charge < -0.3 is 10.1 Å². The lowest BCUT2D eigenvalue weighted by atomic mass is 9.86. The second kappa shape index (κ2) is 5.40. The fourth-order valence-electron chi connectivity index (χ4n) is 3.07. The van der Waals surface area contributed by atoms with Crippen LogP contribution in [-0.4, -0.2) is 16.1 Å². The number of nitrogens with one attached hydrogen (secondary N) is 1. The molecule has 3 heteroatoms. The van der Waals surface area contributed by atoms with Crippen molar-refractivity contribution in [1.29, 1.82) is 0 Å². The largest absolute Gasteiger partial charge is 0.481 e. The molecule has 3 nitrogen and oxygen atoms in total. The highest BCUT2D eigenvalue weighted by Gasteiger charge is 2.22. The van der Waals surface area contributed by atoms with Gasteiger partial charge in [0.05, 0.1) is 5.92 Å². The van der Waals surface area contributed by atoms with Gasteiger partial charge in [0.25, 0.3) is 0 Å². The lowest BCUT2D eigenvalue weighted by molar-refractivity contribution is -0.141. The topological polar surface area (TPSA) is 53.1 Å². The predicted octanol–water partition coefficient (Wildman–Crippen LogP) is 4.56. The quantitative estimate of drug-likeness (QED) is 0.867. The predicted molar refractivity (Wildman–Crippen MR) is 85.3 cm³/mol. The van der Waals surface area contributed by atoms with Crippen molar-refractivity contribution in [2.75, 3.05) is 0 Å². The minimum Gasteiger partial charge on any atom is -0.481 e. The molecule has 21 heavy (non-hydrogen) atoms. The number of allylic oxidation sites excluding steroid dienone is 2. The maximum absolute atomic E-state index is 11.0. The smallest absolute Gasteiger partial charge is 0.306 e. The summed E-state index contributed by atoms with van der Waals surface area (Å²) in [7, 11) is 0. The average molecular weight is 283 g/mol. The number of aromatic nitrogens is 1. The van der Waals surface area contributed by atoms with E-state index in [1.165, 1.54) is 22.1 Å². The number of fused-ring (bicyclic) bond motifs is 1. The van der Waals surface area contributed by atoms with Crippen LogP contribution in [0.3, 0.4) is 0 Å². The number of H-pyrrole nitrogens is 1. The molecule has 3 rings (SSSR count). The first kappa shape index (κ1) is 13.9. The lowest BCUT2D eigenvalue weighted by Crippen LogP contribution is -2.15. The Labute approximate surface area is 124 Å². The van der Waals surface area contributed by atoms with Gasteiger partial charge in [-0.05, 0) is 48.4 Å². The maximum atomic E-state index is 11.0. The first-order chi connectivity index (χ1) is 10.1. The average Bonchev–Trinajstić information content (AvgIpc) is 2.90. The van der Waals surface area contributed by atoms with E-state index in [0.717, 1.165) is 18.4 Å². The summed E-state index contributed by atoms with van der Waals surface area (Å²) in [5, 5.41) is 10.3. The van der Waals surface area contributed by atoms with Crippen molar-refractivity contribution in [3.8, 4) is 0 Å². The molecule has 1 unspecified atom stereocenters. The molecule has 110 valence electrons. The molecular formula is C18H21NO2. The second-order valence-electron chi connectivity index (χ2n) is 6.20. The molecule has 0 saturated carbocycles. The van der Waals surface area contributed by atoms with E-state index in [9.17, 15) is 4.79 Å². The van der Waals surface area contributed by atoms with Crippen molar-refractivity contribution in [2.45, 2.75) is 39.0 Å². The van der Waals surface area contributed by atoms with Gasteiger partial charge in [-0.1, -0.05) is 26.0 Å². The Bertz CT molecular complexity index is 709. The fraction of sp³-hybridized carbons (Fsp3) is 0.389. The maximum Gasteiger partial charge on any atom is 0.306 e. The molecule has 1 aliphatic carbocycles. The van der Waals surface area contributed by atoms with Crippen LogP contribution in [0.15, 0.2) is 30.5 Å². The second-order valence-corrected chi connectivity index (χ2v) is 6.20. The van der Waals surface area contributed by atoms with Crippen molar-refractivity contribution < 1.29 is 9.90 Å². The molecule has 1 atom stereocenters. The van der Waals surface area contributed by atoms with Gasteiger partial charge in [0.15, 0.2) is 0 Å². The number of aliphatic carboxylic acids is 1. The molecule has 0 aliphatic heterocycles. The van der Waals surface area contributed by atoms with Crippen LogP contribution in [0, 0.1) is 5.92 Å². The summed E-state index contributed by atoms with van der Waals surface area (Å²) in [5.41, 5.74) is 5.00. The van der Waals surface area contributed by atoms with E-state index in [4.69, 9.17) is 5.11 Å². The fourth-order valence-corrected chi connectivity index (χ4v) is 3.07. The normalized spacial score (nSPS) is 19.0. The Hall–Kier alpha value is -2.03. The van der Waals surface area contributed by atoms with E-state index < -0.39 is 5.97 Å². The number of rotatable bonds is 3. The summed E-state index contributed by atoms with van der Waals surface area (Å²) >= 11 is 0. The lowest BCUT2D eigenvalue weighted by Gasteiger charge is -2.18. The first-order valence-corrected chi connectivity index (χ1v) is 7.59. The molecular weight excluding hydrogens is 262 g/mol. The van der Waals surface area contributed by atoms with E-state index >= 15 is 0 Å². The van der Waals surface area contributed by atoms with Gasteiger partial charge in [-0.25, -0.2) is 0 Å². The molecule has 2 N–H and O–H groups in total. The summed E-state index contributed by atoms with van der Waals surface area (Å²) in [6, 6.07) is 6.57. The van der Waals surface area contributed by atoms with Gasteiger partial charge in [-0.15, -0.1) is 0 Å². The van der Waals surface area contributed by atoms with E-state index in [-0.39, 0.29) is 5.92 Å². The van der Waals surface area contributed by atoms with Crippen LogP contribution in [0.1, 0.15) is 50.2 Å². The molecule has 1 aromatic heterocycles. The molecule has 2 aromatic rings. The van der Waals surface area contributed by atoms with Crippen LogP contribution in [0.2, 0.25) is 0 Å². The van der Waals surface area contributed by atoms with Crippen LogP contribution in [0.25, 0.3) is 16.5 Å². The third-order valence-corrected chi connectivity index (χ3v) is 4.48. The van der Waals surface area contributed by atoms with Gasteiger partial charge in [0, 0.05) is 22.7 Å². The van der Waals surface area contributed by atoms with Crippen LogP contribution >= 0.6 is 0 Å². The summed E-state index contributed by atoms with van der Waals surface area (Å²) in [4.78, 5) is 14.4. The van der Waals surface area contributed by atoms with Crippen LogP contribution in [0.5, 0.6) is 0 Å². The molecule has 1 aromatic carbocycles. The van der Waals surface area contributed by atoms with Gasteiger partial charge in [0.1, 0.15) is 0 Å². The highest BCUT2D eigenvalue weighted by molar-refractivity contribution is 5.93. The number of aromatic amines is 1. The Morgan fingerprint density at radius 3 is 2.81 bits per heavy atom. The van der Waals surface area contributed by atoms with Crippen molar-refractivity contribution in [3.05, 3.63) is 41.6 Å². The molecule has 1 aliphatic rings. The van der Waals surface area contributed by atoms with Crippen molar-refractivity contribution in [1.82, 2.24) is 4.98 Å². The monoisotopic (exact) mass is 283 g/mol. The number of carboxylic acids is 1. The molecule has 0 amide bonds. The highest BCUT2D eigenvalue weighted by atomic mass is 16.4. The molecule has 0 radical (unpaired) electrons. The summed E-state index contributed by atoms with van der Waals surface area (Å²) in [6.07, 6.45) is 6.38. The van der Waals surface area contributed by atoms with Gasteiger partial charge >= 0.3 is 5.97 Å². The number of hydrogen-bond donors (Lipinski definition) is 2. The van der Waals surface area contributed by atoms with Crippen molar-refractivity contribution in [3.63, 3.8) is 0 Å². The number of carbonyl (C=O) groups is 1. The van der Waals surface area contributed by atoms with E-state index in [1.807, 2.05) is 0 Å². The summed E-state index contributed by atoms with van der Waals surface area (Å²) in [5.74, 6) is -0.384. The zero-order valence-electron chi connectivity index (χ0n) is 12.5. The Kier molecular flexibility index (Phi) is 3.58. The SMILES string of the molecule is CC(C)c1ccc2[nH]cc(C3=CCC(C(=O)O)CC3)c2c1. The molecule has 0 spiro atoms. The number of carboxylic acid groups (broad SMARTS) is 1. The minimum absolute atomic E-state index is 0.217. The van der Waals surface area contributed by atoms with Gasteiger partial charge in [-0.2, -0.15) is 0 Å². The van der Waals surface area contributed by atoms with Crippen molar-refractivity contribution >= 4 is 22.4 Å². The standard InChI is InChI=1S/C18H21NO2/c1-11(2)14-7-8-17-15(9-14)16(10-19-17)12-3-5-13(6-4-12)18(20)21/h3,7-11,13,19H,4-6H2,1-2H3,(H,20,21). The molecule has 0 fully saturated rings. The van der Waals surface area contributed by atoms with Crippen LogP contribution in [0.4, 0.5) is 0 Å². The van der Waals surface area contributed by atoms with E-state index in [0.29, 0.717) is 12.3 Å². The van der Waals surface area contributed by atoms with E-state index in [1.54, 1.807) is 0 Å². The Morgan fingerprint density at radius 1 is 1.38 bits per heavy atom. The summed E-state index contributed by atoms with van der Waals surface area (Å²) in [6.45, 7) is 4.40.